The average molecular weight is 412 g/mol. The molecular weight excluding hydrogens is 390 g/mol. The number of aromatic nitrogens is 2. The van der Waals surface area contributed by atoms with E-state index in [1.807, 2.05) is 20.8 Å². The molecule has 0 aliphatic rings. The van der Waals surface area contributed by atoms with Crippen molar-refractivity contribution in [2.24, 2.45) is 5.18 Å². The Labute approximate surface area is 166 Å². The van der Waals surface area contributed by atoms with Gasteiger partial charge >= 0.3 is 5.97 Å². The quantitative estimate of drug-likeness (QED) is 0.387. The highest BCUT2D eigenvalue weighted by Gasteiger charge is 2.27. The lowest BCUT2D eigenvalue weighted by molar-refractivity contribution is -0.349. The maximum absolute atomic E-state index is 12.3. The van der Waals surface area contributed by atoms with Crippen molar-refractivity contribution < 1.29 is 19.7 Å². The van der Waals surface area contributed by atoms with Crippen LogP contribution in [0.25, 0.3) is 0 Å². The highest BCUT2D eigenvalue weighted by atomic mass is 35.5. The normalized spacial score (nSPS) is 12.1. The molecule has 0 aliphatic carbocycles. The zero-order valence-corrected chi connectivity index (χ0v) is 16.5. The summed E-state index contributed by atoms with van der Waals surface area (Å²) >= 11 is 6.11. The van der Waals surface area contributed by atoms with Crippen LogP contribution in [0.3, 0.4) is 0 Å². The Morgan fingerprint density at radius 1 is 1.21 bits per heavy atom. The number of hydrogen-bond acceptors (Lipinski definition) is 8. The standard InChI is InChI=1S/C18H22ClN3O6/c1-17(2,3)22-16(23)15(19)14(10-20-22)27-11-12-4-6-13(7-5-12)18(24,25)28-9-8-21-26/h4-7,10,24-25H,8-9,11H2,1-3H3. The molecule has 0 atom stereocenters. The first-order valence-electron chi connectivity index (χ1n) is 8.44. The summed E-state index contributed by atoms with van der Waals surface area (Å²) in [5.74, 6) is -2.38. The van der Waals surface area contributed by atoms with E-state index in [0.717, 1.165) is 0 Å². The zero-order valence-electron chi connectivity index (χ0n) is 15.8. The SMILES string of the molecule is CC(C)(C)n1ncc(OCc2ccc(C(O)(O)OCCN=O)cc2)c(Cl)c1=O. The molecule has 1 aromatic carbocycles. The second-order valence-electron chi connectivity index (χ2n) is 7.01. The lowest BCUT2D eigenvalue weighted by atomic mass is 10.1. The molecule has 28 heavy (non-hydrogen) atoms. The van der Waals surface area contributed by atoms with E-state index >= 15 is 0 Å². The lowest BCUT2D eigenvalue weighted by Crippen LogP contribution is -2.36. The zero-order chi connectivity index (χ0) is 20.9. The van der Waals surface area contributed by atoms with Crippen LogP contribution < -0.4 is 10.3 Å². The first kappa shape index (κ1) is 22.0. The Balaban J connectivity index is 2.07. The molecule has 0 aliphatic heterocycles. The Morgan fingerprint density at radius 2 is 1.86 bits per heavy atom. The van der Waals surface area contributed by atoms with Crippen LogP contribution in [0.2, 0.25) is 5.02 Å². The smallest absolute Gasteiger partial charge is 0.306 e. The van der Waals surface area contributed by atoms with E-state index in [1.54, 1.807) is 12.1 Å². The van der Waals surface area contributed by atoms with Crippen LogP contribution in [0.4, 0.5) is 0 Å². The molecular formula is C18H22ClN3O6. The fourth-order valence-corrected chi connectivity index (χ4v) is 2.47. The van der Waals surface area contributed by atoms with Gasteiger partial charge in [0.05, 0.1) is 18.3 Å². The van der Waals surface area contributed by atoms with Crippen molar-refractivity contribution in [3.63, 3.8) is 0 Å². The fraction of sp³-hybridized carbons (Fsp3) is 0.444. The molecule has 9 nitrogen and oxygen atoms in total. The van der Waals surface area contributed by atoms with Crippen molar-refractivity contribution >= 4 is 11.6 Å². The molecule has 10 heteroatoms. The summed E-state index contributed by atoms with van der Waals surface area (Å²) in [6, 6.07) is 6.06. The minimum atomic E-state index is -2.53. The number of nitrogens with zero attached hydrogens (tertiary/aromatic N) is 3. The molecule has 0 bridgehead atoms. The van der Waals surface area contributed by atoms with Crippen molar-refractivity contribution in [3.05, 3.63) is 61.9 Å². The molecule has 2 N–H and O–H groups in total. The maximum atomic E-state index is 12.3. The van der Waals surface area contributed by atoms with Gasteiger partial charge in [-0.2, -0.15) is 10.0 Å². The second kappa shape index (κ2) is 8.78. The molecule has 152 valence electrons. The van der Waals surface area contributed by atoms with Crippen LogP contribution in [0, 0.1) is 4.91 Å². The van der Waals surface area contributed by atoms with E-state index in [4.69, 9.17) is 21.1 Å². The fourth-order valence-electron chi connectivity index (χ4n) is 2.28. The number of aliphatic hydroxyl groups is 2. The van der Waals surface area contributed by atoms with Gasteiger partial charge in [0.2, 0.25) is 0 Å². The molecule has 0 unspecified atom stereocenters. The maximum Gasteiger partial charge on any atom is 0.306 e. The Bertz CT molecular complexity index is 874. The van der Waals surface area contributed by atoms with Crippen LogP contribution in [-0.2, 0) is 22.9 Å². The molecule has 2 aromatic rings. The summed E-state index contributed by atoms with van der Waals surface area (Å²) in [6.07, 6.45) is 1.38. The Morgan fingerprint density at radius 3 is 2.43 bits per heavy atom. The molecule has 1 heterocycles. The van der Waals surface area contributed by atoms with Gasteiger partial charge in [-0.05, 0) is 26.3 Å². The molecule has 0 spiro atoms. The third-order valence-electron chi connectivity index (χ3n) is 3.73. The number of benzene rings is 1. The van der Waals surface area contributed by atoms with Crippen molar-refractivity contribution in [3.8, 4) is 5.75 Å². The second-order valence-corrected chi connectivity index (χ2v) is 7.38. The van der Waals surface area contributed by atoms with Gasteiger partial charge in [-0.15, -0.1) is 0 Å². The number of halogens is 1. The lowest BCUT2D eigenvalue weighted by Gasteiger charge is -2.22. The summed E-state index contributed by atoms with van der Waals surface area (Å²) in [6.45, 7) is 5.16. The highest BCUT2D eigenvalue weighted by molar-refractivity contribution is 6.31. The first-order valence-corrected chi connectivity index (χ1v) is 8.82. The van der Waals surface area contributed by atoms with Crippen LogP contribution in [0.5, 0.6) is 5.75 Å². The summed E-state index contributed by atoms with van der Waals surface area (Å²) in [4.78, 5) is 22.3. The van der Waals surface area contributed by atoms with E-state index in [1.165, 1.54) is 23.0 Å². The van der Waals surface area contributed by atoms with E-state index in [0.29, 0.717) is 5.56 Å². The molecule has 0 amide bonds. The monoisotopic (exact) mass is 411 g/mol. The molecule has 0 radical (unpaired) electrons. The van der Waals surface area contributed by atoms with Gasteiger partial charge in [0.1, 0.15) is 13.2 Å². The minimum Gasteiger partial charge on any atom is -0.485 e. The summed E-state index contributed by atoms with van der Waals surface area (Å²) in [5.41, 5.74) is -0.200. The van der Waals surface area contributed by atoms with Gasteiger partial charge in [0.25, 0.3) is 5.56 Å². The Kier molecular flexibility index (Phi) is 6.89. The number of rotatable bonds is 8. The third-order valence-corrected chi connectivity index (χ3v) is 4.08. The predicted octanol–water partition coefficient (Wildman–Crippen LogP) is 2.11. The van der Waals surface area contributed by atoms with Gasteiger partial charge in [-0.3, -0.25) is 4.79 Å². The third kappa shape index (κ3) is 5.35. The van der Waals surface area contributed by atoms with E-state index < -0.39 is 17.1 Å². The molecule has 0 fully saturated rings. The van der Waals surface area contributed by atoms with Crippen molar-refractivity contribution in [2.45, 2.75) is 38.9 Å². The van der Waals surface area contributed by atoms with Gasteiger partial charge in [-0.25, -0.2) is 4.68 Å². The number of ether oxygens (including phenoxy) is 2. The minimum absolute atomic E-state index is 0.0662. The van der Waals surface area contributed by atoms with Gasteiger partial charge < -0.3 is 19.7 Å². The van der Waals surface area contributed by atoms with Crippen LogP contribution >= 0.6 is 11.6 Å². The van der Waals surface area contributed by atoms with Gasteiger partial charge in [0.15, 0.2) is 10.8 Å². The van der Waals surface area contributed by atoms with E-state index in [9.17, 15) is 19.9 Å². The van der Waals surface area contributed by atoms with Crippen molar-refractivity contribution in [1.82, 2.24) is 9.78 Å². The molecule has 0 saturated heterocycles. The van der Waals surface area contributed by atoms with Crippen molar-refractivity contribution in [1.29, 1.82) is 0 Å². The summed E-state index contributed by atoms with van der Waals surface area (Å²) in [5, 5.41) is 26.3. The molecule has 0 saturated carbocycles. The van der Waals surface area contributed by atoms with Gasteiger partial charge in [-0.1, -0.05) is 41.0 Å². The summed E-state index contributed by atoms with van der Waals surface area (Å²) < 4.78 is 11.7. The first-order chi connectivity index (χ1) is 13.1. The highest BCUT2D eigenvalue weighted by Crippen LogP contribution is 2.23. The van der Waals surface area contributed by atoms with Crippen molar-refractivity contribution in [2.75, 3.05) is 13.2 Å². The molecule has 1 aromatic heterocycles. The predicted molar refractivity (Wildman–Crippen MR) is 102 cm³/mol. The average Bonchev–Trinajstić information content (AvgIpc) is 2.62. The largest absolute Gasteiger partial charge is 0.485 e. The van der Waals surface area contributed by atoms with Crippen LogP contribution in [0.1, 0.15) is 31.9 Å². The summed E-state index contributed by atoms with van der Waals surface area (Å²) in [7, 11) is 0. The molecule has 2 rings (SSSR count). The number of hydrogen-bond donors (Lipinski definition) is 2. The van der Waals surface area contributed by atoms with Gasteiger partial charge in [0, 0.05) is 5.56 Å². The Hall–Kier alpha value is -2.33. The van der Waals surface area contributed by atoms with E-state index in [2.05, 4.69) is 10.3 Å². The van der Waals surface area contributed by atoms with Crippen LogP contribution in [-0.4, -0.2) is 33.1 Å². The van der Waals surface area contributed by atoms with Crippen LogP contribution in [0.15, 0.2) is 40.4 Å². The number of nitroso groups, excluding NO2 is 1. The van der Waals surface area contributed by atoms with E-state index in [-0.39, 0.29) is 36.1 Å². The topological polar surface area (TPSA) is 123 Å².